The van der Waals surface area contributed by atoms with Crippen LogP contribution in [-0.4, -0.2) is 43.5 Å². The normalized spacial score (nSPS) is 9.78. The van der Waals surface area contributed by atoms with Gasteiger partial charge in [-0.15, -0.1) is 17.9 Å². The van der Waals surface area contributed by atoms with Crippen molar-refractivity contribution in [3.8, 4) is 16.2 Å². The maximum atomic E-state index is 11.1. The lowest BCUT2D eigenvalue weighted by Crippen LogP contribution is -2.17. The van der Waals surface area contributed by atoms with Gasteiger partial charge in [-0.05, 0) is 62.3 Å². The van der Waals surface area contributed by atoms with Crippen LogP contribution in [0.15, 0.2) is 53.3 Å². The molecule has 8 heteroatoms. The van der Waals surface area contributed by atoms with Crippen molar-refractivity contribution in [3.05, 3.63) is 58.2 Å². The number of halogens is 1. The van der Waals surface area contributed by atoms with Crippen molar-refractivity contribution in [1.82, 2.24) is 15.3 Å². The molecule has 202 valence electrons. The molecule has 0 unspecified atom stereocenters. The zero-order valence-electron chi connectivity index (χ0n) is 23.2. The maximum Gasteiger partial charge on any atom is 0.163 e. The van der Waals surface area contributed by atoms with Crippen LogP contribution in [0.2, 0.25) is 0 Å². The molecule has 6 nitrogen and oxygen atoms in total. The average Bonchev–Trinajstić information content (AvgIpc) is 3.51. The molecule has 0 atom stereocenters. The van der Waals surface area contributed by atoms with Gasteiger partial charge in [-0.25, -0.2) is 4.98 Å². The number of nitrogens with zero attached hydrogens (tertiary/aromatic N) is 1. The summed E-state index contributed by atoms with van der Waals surface area (Å²) in [5.74, 6) is 0.579. The second-order valence-corrected chi connectivity index (χ2v) is 8.89. The summed E-state index contributed by atoms with van der Waals surface area (Å²) in [6, 6.07) is 3.90. The van der Waals surface area contributed by atoms with Gasteiger partial charge in [0.2, 0.25) is 0 Å². The van der Waals surface area contributed by atoms with Crippen molar-refractivity contribution in [2.45, 2.75) is 54.4 Å². The number of hydrogen-bond donors (Lipinski definition) is 3. The quantitative estimate of drug-likeness (QED) is 0.194. The van der Waals surface area contributed by atoms with Gasteiger partial charge in [-0.1, -0.05) is 44.9 Å². The second kappa shape index (κ2) is 23.2. The van der Waals surface area contributed by atoms with E-state index in [1.54, 1.807) is 19.4 Å². The van der Waals surface area contributed by atoms with E-state index in [0.29, 0.717) is 10.6 Å². The van der Waals surface area contributed by atoms with Gasteiger partial charge >= 0.3 is 0 Å². The van der Waals surface area contributed by atoms with Crippen LogP contribution in [0, 0.1) is 0 Å². The van der Waals surface area contributed by atoms with E-state index in [-0.39, 0.29) is 0 Å². The van der Waals surface area contributed by atoms with Crippen LogP contribution in [0.4, 0.5) is 0 Å². The van der Waals surface area contributed by atoms with Crippen molar-refractivity contribution >= 4 is 44.6 Å². The van der Waals surface area contributed by atoms with Crippen molar-refractivity contribution in [2.75, 3.05) is 27.2 Å². The molecular formula is C28H45BrN4O2S. The van der Waals surface area contributed by atoms with E-state index in [2.05, 4.69) is 64.6 Å². The van der Waals surface area contributed by atoms with E-state index < -0.39 is 0 Å². The first kappa shape index (κ1) is 35.9. The summed E-state index contributed by atoms with van der Waals surface area (Å²) in [4.78, 5) is 20.0. The van der Waals surface area contributed by atoms with Gasteiger partial charge in [0.15, 0.2) is 12.0 Å². The molecule has 3 heterocycles. The van der Waals surface area contributed by atoms with Crippen molar-refractivity contribution in [1.29, 1.82) is 0 Å². The predicted molar refractivity (Wildman–Crippen MR) is 164 cm³/mol. The Hall–Kier alpha value is -2.26. The molecule has 3 aromatic heterocycles. The monoisotopic (exact) mass is 580 g/mol. The van der Waals surface area contributed by atoms with Crippen LogP contribution in [0.25, 0.3) is 21.5 Å². The Morgan fingerprint density at radius 1 is 1.33 bits per heavy atom. The number of allylic oxidation sites excluding steroid dienone is 3. The van der Waals surface area contributed by atoms with Gasteiger partial charge in [0.1, 0.15) is 10.5 Å². The van der Waals surface area contributed by atoms with Crippen molar-refractivity contribution in [3.63, 3.8) is 0 Å². The van der Waals surface area contributed by atoms with E-state index >= 15 is 0 Å². The summed E-state index contributed by atoms with van der Waals surface area (Å²) < 4.78 is 6.07. The Bertz CT molecular complexity index is 1010. The fourth-order valence-electron chi connectivity index (χ4n) is 2.70. The topological polar surface area (TPSA) is 93.0 Å². The zero-order chi connectivity index (χ0) is 27.9. The van der Waals surface area contributed by atoms with Crippen molar-refractivity contribution < 1.29 is 9.53 Å². The lowest BCUT2D eigenvalue weighted by atomic mass is 10.1. The Kier molecular flexibility index (Phi) is 23.1. The number of aromatic nitrogens is 2. The predicted octanol–water partition coefficient (Wildman–Crippen LogP) is 8.01. The van der Waals surface area contributed by atoms with Crippen LogP contribution in [-0.2, 0) is 0 Å². The van der Waals surface area contributed by atoms with E-state index in [9.17, 15) is 4.79 Å². The molecular weight excluding hydrogens is 536 g/mol. The number of aldehydes is 1. The Morgan fingerprint density at radius 2 is 1.97 bits per heavy atom. The number of nitrogens with one attached hydrogen (secondary N) is 2. The fraction of sp³-hybridized carbons (Fsp3) is 0.429. The molecule has 0 fully saturated rings. The molecule has 0 saturated carbocycles. The van der Waals surface area contributed by atoms with Crippen LogP contribution >= 0.6 is 27.3 Å². The highest BCUT2D eigenvalue weighted by molar-refractivity contribution is 9.10. The molecule has 3 rings (SSSR count). The number of aromatic amines is 1. The van der Waals surface area contributed by atoms with Crippen LogP contribution in [0.5, 0.6) is 5.75 Å². The highest BCUT2D eigenvalue weighted by Gasteiger charge is 2.19. The minimum atomic E-state index is 0.574. The van der Waals surface area contributed by atoms with Gasteiger partial charge in [0, 0.05) is 36.4 Å². The number of methoxy groups -OCH3 is 1. The summed E-state index contributed by atoms with van der Waals surface area (Å²) in [5.41, 5.74) is 8.43. The number of hydrogen-bond acceptors (Lipinski definition) is 6. The third kappa shape index (κ3) is 12.6. The molecule has 0 saturated heterocycles. The zero-order valence-corrected chi connectivity index (χ0v) is 25.6. The number of thiophene rings is 1. The van der Waals surface area contributed by atoms with Gasteiger partial charge in [-0.3, -0.25) is 4.79 Å². The van der Waals surface area contributed by atoms with Crippen LogP contribution < -0.4 is 15.8 Å². The fourth-order valence-corrected chi connectivity index (χ4v) is 4.67. The lowest BCUT2D eigenvalue weighted by Gasteiger charge is -2.02. The molecule has 0 bridgehead atoms. The maximum absolute atomic E-state index is 11.1. The number of rotatable bonds is 7. The third-order valence-corrected chi connectivity index (χ3v) is 6.53. The molecule has 0 spiro atoms. The number of fused-ring (bicyclic) bond motifs is 1. The number of ether oxygens (including phenoxy) is 1. The van der Waals surface area contributed by atoms with E-state index in [1.807, 2.05) is 46.1 Å². The molecule has 0 aliphatic rings. The third-order valence-electron chi connectivity index (χ3n) is 4.38. The highest BCUT2D eigenvalue weighted by atomic mass is 79.9. The largest absolute Gasteiger partial charge is 0.494 e. The SMILES string of the molecule is C/C=C(\C)CCC.C=CC.CC.CNCCN.COc1c(C=O)sc(-c2ccnc3[nH]ccc23)c1Br. The van der Waals surface area contributed by atoms with Gasteiger partial charge in [-0.2, -0.15) is 0 Å². The second-order valence-electron chi connectivity index (χ2n) is 7.04. The first-order chi connectivity index (χ1) is 17.4. The molecule has 0 aromatic carbocycles. The summed E-state index contributed by atoms with van der Waals surface area (Å²) in [6.07, 6.45) is 10.9. The minimum absolute atomic E-state index is 0.574. The molecule has 36 heavy (non-hydrogen) atoms. The molecule has 4 N–H and O–H groups in total. The Labute approximate surface area is 230 Å². The van der Waals surface area contributed by atoms with Gasteiger partial charge in [0.25, 0.3) is 0 Å². The number of carbonyl (C=O) groups excluding carboxylic acids is 1. The summed E-state index contributed by atoms with van der Waals surface area (Å²) in [7, 11) is 3.44. The van der Waals surface area contributed by atoms with E-state index in [1.165, 1.54) is 29.8 Å². The standard InChI is InChI=1S/C13H9BrN2O2S.C7H14.C3H10N2.C3H6.C2H6/c1-18-11-9(6-17)19-12(10(11)14)7-2-4-15-13-8(7)3-5-16-13;1-4-6-7(3)5-2;1-5-3-2-4;1-3-2;1-2/h2-6H,1H3,(H,15,16);5H,4,6H2,1-3H3;5H,2-4H2,1H3;3H,1H2,2H3;1-2H3/b;7-5+;;;. The van der Waals surface area contributed by atoms with Crippen LogP contribution in [0.1, 0.15) is 64.1 Å². The Balaban J connectivity index is 0. The number of carbonyl (C=O) groups is 1. The molecule has 0 aliphatic carbocycles. The first-order valence-corrected chi connectivity index (χ1v) is 13.8. The molecule has 0 radical (unpaired) electrons. The summed E-state index contributed by atoms with van der Waals surface area (Å²) in [6.45, 7) is 17.4. The molecule has 0 amide bonds. The highest BCUT2D eigenvalue weighted by Crippen LogP contribution is 2.46. The number of H-pyrrole nitrogens is 1. The minimum Gasteiger partial charge on any atom is -0.494 e. The van der Waals surface area contributed by atoms with E-state index in [4.69, 9.17) is 10.5 Å². The Morgan fingerprint density at radius 3 is 2.36 bits per heavy atom. The first-order valence-electron chi connectivity index (χ1n) is 12.2. The van der Waals surface area contributed by atoms with Gasteiger partial charge in [0.05, 0.1) is 16.5 Å². The molecule has 3 aromatic rings. The summed E-state index contributed by atoms with van der Waals surface area (Å²) in [5, 5.41) is 3.91. The van der Waals surface area contributed by atoms with E-state index in [0.717, 1.165) is 45.3 Å². The van der Waals surface area contributed by atoms with Crippen LogP contribution in [0.3, 0.4) is 0 Å². The molecule has 0 aliphatic heterocycles. The average molecular weight is 582 g/mol. The number of pyridine rings is 1. The van der Waals surface area contributed by atoms with Gasteiger partial charge < -0.3 is 20.8 Å². The smallest absolute Gasteiger partial charge is 0.163 e. The van der Waals surface area contributed by atoms with Crippen molar-refractivity contribution in [2.24, 2.45) is 5.73 Å². The summed E-state index contributed by atoms with van der Waals surface area (Å²) >= 11 is 4.91. The number of nitrogens with two attached hydrogens (primary N) is 1. The number of likely N-dealkylation sites (N-methyl/N-ethyl adjacent to an activating group) is 1. The lowest BCUT2D eigenvalue weighted by molar-refractivity contribution is 0.112.